The van der Waals surface area contributed by atoms with Crippen molar-refractivity contribution < 1.29 is 19.4 Å². The van der Waals surface area contributed by atoms with E-state index in [0.717, 1.165) is 5.56 Å². The number of anilines is 1. The molecule has 3 rings (SSSR count). The molecule has 20 heavy (non-hydrogen) atoms. The highest BCUT2D eigenvalue weighted by Gasteiger charge is 2.47. The van der Waals surface area contributed by atoms with Crippen molar-refractivity contribution >= 4 is 17.6 Å². The van der Waals surface area contributed by atoms with Crippen LogP contribution in [0.25, 0.3) is 0 Å². The number of benzene rings is 1. The van der Waals surface area contributed by atoms with Crippen LogP contribution in [-0.2, 0) is 20.7 Å². The number of carbonyl (C=O) groups is 2. The van der Waals surface area contributed by atoms with Crippen molar-refractivity contribution in [2.24, 2.45) is 5.73 Å². The van der Waals surface area contributed by atoms with Crippen LogP contribution in [0.1, 0.15) is 12.0 Å². The first-order valence-electron chi connectivity index (χ1n) is 6.54. The quantitative estimate of drug-likeness (QED) is 0.802. The Hall–Kier alpha value is -1.92. The largest absolute Gasteiger partial charge is 0.480 e. The minimum absolute atomic E-state index is 0.136. The Morgan fingerprint density at radius 3 is 2.80 bits per heavy atom. The van der Waals surface area contributed by atoms with Crippen LogP contribution in [0, 0.1) is 0 Å². The second-order valence-electron chi connectivity index (χ2n) is 5.32. The number of rotatable bonds is 2. The lowest BCUT2D eigenvalue weighted by atomic mass is 9.97. The fourth-order valence-corrected chi connectivity index (χ4v) is 2.82. The molecule has 1 saturated heterocycles. The van der Waals surface area contributed by atoms with Crippen molar-refractivity contribution in [3.05, 3.63) is 29.8 Å². The van der Waals surface area contributed by atoms with Crippen LogP contribution in [0.3, 0.4) is 0 Å². The van der Waals surface area contributed by atoms with Crippen molar-refractivity contribution in [3.63, 3.8) is 0 Å². The Labute approximate surface area is 116 Å². The highest BCUT2D eigenvalue weighted by atomic mass is 16.5. The lowest BCUT2D eigenvalue weighted by Crippen LogP contribution is -2.59. The van der Waals surface area contributed by atoms with Crippen LogP contribution in [0.2, 0.25) is 0 Å². The third-order valence-electron chi connectivity index (χ3n) is 3.96. The number of aliphatic carboxylic acids is 1. The highest BCUT2D eigenvalue weighted by molar-refractivity contribution is 6.06. The molecule has 1 fully saturated rings. The number of ether oxygens (including phenoxy) is 1. The van der Waals surface area contributed by atoms with E-state index in [1.165, 1.54) is 4.90 Å². The third kappa shape index (κ3) is 1.88. The smallest absolute Gasteiger partial charge is 0.327 e. The Morgan fingerprint density at radius 2 is 2.15 bits per heavy atom. The molecule has 0 saturated carbocycles. The van der Waals surface area contributed by atoms with Crippen molar-refractivity contribution in [2.45, 2.75) is 24.4 Å². The zero-order chi connectivity index (χ0) is 14.3. The van der Waals surface area contributed by atoms with Gasteiger partial charge in [0.15, 0.2) is 0 Å². The normalized spacial score (nSPS) is 28.4. The number of hydrogen-bond donors (Lipinski definition) is 2. The predicted molar refractivity (Wildman–Crippen MR) is 71.4 cm³/mol. The molecule has 2 unspecified atom stereocenters. The summed E-state index contributed by atoms with van der Waals surface area (Å²) in [6, 6.07) is 6.34. The first-order valence-corrected chi connectivity index (χ1v) is 6.54. The van der Waals surface area contributed by atoms with E-state index in [9.17, 15) is 14.7 Å². The molecular formula is C14H16N2O4. The Morgan fingerprint density at radius 1 is 1.40 bits per heavy atom. The summed E-state index contributed by atoms with van der Waals surface area (Å²) in [5.74, 6) is -1.38. The fourth-order valence-electron chi connectivity index (χ4n) is 2.82. The molecule has 1 aromatic carbocycles. The standard InChI is InChI=1S/C14H16N2O4/c15-14(5-6-20-8-14)13(19)16-10-4-2-1-3-9(10)7-11(16)12(17)18/h1-4,11H,5-8,15H2,(H,17,18). The van der Waals surface area contributed by atoms with Crippen molar-refractivity contribution in [3.8, 4) is 0 Å². The number of para-hydroxylation sites is 1. The summed E-state index contributed by atoms with van der Waals surface area (Å²) in [5.41, 5.74) is 6.47. The molecule has 0 aromatic heterocycles. The summed E-state index contributed by atoms with van der Waals surface area (Å²) in [6.07, 6.45) is 0.727. The average molecular weight is 276 g/mol. The maximum atomic E-state index is 12.7. The predicted octanol–water partition coefficient (Wildman–Crippen LogP) is 0.147. The number of fused-ring (bicyclic) bond motifs is 1. The van der Waals surface area contributed by atoms with Crippen LogP contribution in [0.4, 0.5) is 5.69 Å². The first-order chi connectivity index (χ1) is 9.53. The van der Waals surface area contributed by atoms with E-state index in [4.69, 9.17) is 10.5 Å². The molecule has 0 bridgehead atoms. The highest BCUT2D eigenvalue weighted by Crippen LogP contribution is 2.34. The van der Waals surface area contributed by atoms with Crippen molar-refractivity contribution in [2.75, 3.05) is 18.1 Å². The molecule has 0 radical (unpaired) electrons. The van der Waals surface area contributed by atoms with E-state index in [1.807, 2.05) is 12.1 Å². The second-order valence-corrected chi connectivity index (χ2v) is 5.32. The molecule has 2 atom stereocenters. The lowest BCUT2D eigenvalue weighted by molar-refractivity contribution is -0.140. The molecule has 106 valence electrons. The topological polar surface area (TPSA) is 92.9 Å². The summed E-state index contributed by atoms with van der Waals surface area (Å²) in [4.78, 5) is 25.5. The Balaban J connectivity index is 2.00. The van der Waals surface area contributed by atoms with E-state index >= 15 is 0 Å². The first kappa shape index (κ1) is 13.1. The monoisotopic (exact) mass is 276 g/mol. The van der Waals surface area contributed by atoms with E-state index in [2.05, 4.69) is 0 Å². The van der Waals surface area contributed by atoms with Crippen molar-refractivity contribution in [1.29, 1.82) is 0 Å². The molecule has 2 heterocycles. The molecule has 1 aromatic rings. The van der Waals surface area contributed by atoms with E-state index in [-0.39, 0.29) is 12.5 Å². The van der Waals surface area contributed by atoms with E-state index in [1.54, 1.807) is 12.1 Å². The van der Waals surface area contributed by atoms with Crippen LogP contribution >= 0.6 is 0 Å². The summed E-state index contributed by atoms with van der Waals surface area (Å²) < 4.78 is 5.20. The fraction of sp³-hybridized carbons (Fsp3) is 0.429. The molecule has 2 aliphatic rings. The van der Waals surface area contributed by atoms with Gasteiger partial charge in [-0.1, -0.05) is 18.2 Å². The van der Waals surface area contributed by atoms with Crippen LogP contribution in [0.5, 0.6) is 0 Å². The maximum absolute atomic E-state index is 12.7. The molecule has 0 aliphatic carbocycles. The van der Waals surface area contributed by atoms with Crippen LogP contribution in [-0.4, -0.2) is 41.8 Å². The Kier molecular flexibility index (Phi) is 2.99. The third-order valence-corrected chi connectivity index (χ3v) is 3.96. The van der Waals surface area contributed by atoms with Gasteiger partial charge in [0.05, 0.1) is 6.61 Å². The maximum Gasteiger partial charge on any atom is 0.327 e. The lowest BCUT2D eigenvalue weighted by Gasteiger charge is -2.30. The van der Waals surface area contributed by atoms with Crippen LogP contribution < -0.4 is 10.6 Å². The van der Waals surface area contributed by atoms with Gasteiger partial charge in [0.25, 0.3) is 0 Å². The van der Waals surface area contributed by atoms with Gasteiger partial charge in [-0.05, 0) is 18.1 Å². The minimum atomic E-state index is -1.12. The van der Waals surface area contributed by atoms with Gasteiger partial charge in [0.2, 0.25) is 5.91 Å². The molecule has 3 N–H and O–H groups in total. The summed E-state index contributed by atoms with van der Waals surface area (Å²) >= 11 is 0. The summed E-state index contributed by atoms with van der Waals surface area (Å²) in [6.45, 7) is 0.562. The van der Waals surface area contributed by atoms with Gasteiger partial charge in [-0.25, -0.2) is 4.79 Å². The summed E-state index contributed by atoms with van der Waals surface area (Å²) in [7, 11) is 0. The molecule has 6 heteroatoms. The number of hydrogen-bond acceptors (Lipinski definition) is 4. The number of nitrogens with two attached hydrogens (primary N) is 1. The zero-order valence-corrected chi connectivity index (χ0v) is 10.9. The number of amides is 1. The SMILES string of the molecule is NC1(C(=O)N2c3ccccc3CC2C(=O)O)CCOC1. The molecule has 1 amide bonds. The minimum Gasteiger partial charge on any atom is -0.480 e. The van der Waals surface area contributed by atoms with Gasteiger partial charge < -0.3 is 15.6 Å². The zero-order valence-electron chi connectivity index (χ0n) is 10.9. The van der Waals surface area contributed by atoms with Gasteiger partial charge in [0.1, 0.15) is 11.6 Å². The number of nitrogens with zero attached hydrogens (tertiary/aromatic N) is 1. The van der Waals surface area contributed by atoms with Crippen LogP contribution in [0.15, 0.2) is 24.3 Å². The second kappa shape index (κ2) is 4.57. The van der Waals surface area contributed by atoms with E-state index < -0.39 is 17.6 Å². The van der Waals surface area contributed by atoms with Gasteiger partial charge in [-0.3, -0.25) is 9.69 Å². The number of carboxylic acids is 1. The number of carbonyl (C=O) groups excluding carboxylic acids is 1. The van der Waals surface area contributed by atoms with Gasteiger partial charge in [-0.15, -0.1) is 0 Å². The molecule has 2 aliphatic heterocycles. The van der Waals surface area contributed by atoms with Gasteiger partial charge in [0, 0.05) is 18.7 Å². The van der Waals surface area contributed by atoms with Gasteiger partial charge >= 0.3 is 5.97 Å². The van der Waals surface area contributed by atoms with Gasteiger partial charge in [-0.2, -0.15) is 0 Å². The molecule has 0 spiro atoms. The summed E-state index contributed by atoms with van der Waals surface area (Å²) in [5, 5.41) is 9.37. The number of carboxylic acid groups (broad SMARTS) is 1. The average Bonchev–Trinajstić information content (AvgIpc) is 3.02. The molecular weight excluding hydrogens is 260 g/mol. The van der Waals surface area contributed by atoms with Crippen molar-refractivity contribution in [1.82, 2.24) is 0 Å². The Bertz CT molecular complexity index is 566. The molecule has 6 nitrogen and oxygen atoms in total. The van der Waals surface area contributed by atoms with E-state index in [0.29, 0.717) is 25.1 Å².